The number of nitrogens with zero attached hydrogens (tertiary/aromatic N) is 1. The van der Waals surface area contributed by atoms with Crippen LogP contribution >= 0.6 is 24.0 Å². The normalized spacial score (nSPS) is 12.5. The smallest absolute Gasteiger partial charge is 0.191 e. The molecule has 120 valence electrons. The van der Waals surface area contributed by atoms with Gasteiger partial charge in [-0.1, -0.05) is 24.3 Å². The number of ether oxygens (including phenoxy) is 2. The minimum atomic E-state index is 0. The summed E-state index contributed by atoms with van der Waals surface area (Å²) in [6.07, 6.45) is 0. The molecule has 0 aliphatic carbocycles. The molecule has 0 fully saturated rings. The highest BCUT2D eigenvalue weighted by molar-refractivity contribution is 14.0. The van der Waals surface area contributed by atoms with Crippen molar-refractivity contribution < 1.29 is 9.47 Å². The van der Waals surface area contributed by atoms with Crippen LogP contribution in [0.5, 0.6) is 0 Å². The third kappa shape index (κ3) is 7.63. The van der Waals surface area contributed by atoms with Crippen molar-refractivity contribution in [2.45, 2.75) is 26.1 Å². The molecule has 21 heavy (non-hydrogen) atoms. The van der Waals surface area contributed by atoms with E-state index in [1.165, 1.54) is 11.1 Å². The molecule has 1 atom stereocenters. The summed E-state index contributed by atoms with van der Waals surface area (Å²) in [5.74, 6) is 0.766. The predicted molar refractivity (Wildman–Crippen MR) is 97.2 cm³/mol. The monoisotopic (exact) mass is 407 g/mol. The van der Waals surface area contributed by atoms with Crippen LogP contribution in [0.15, 0.2) is 29.3 Å². The van der Waals surface area contributed by atoms with Crippen LogP contribution < -0.4 is 10.6 Å². The average Bonchev–Trinajstić information content (AvgIpc) is 2.45. The van der Waals surface area contributed by atoms with Crippen molar-refractivity contribution in [1.82, 2.24) is 10.6 Å². The van der Waals surface area contributed by atoms with E-state index in [4.69, 9.17) is 9.47 Å². The lowest BCUT2D eigenvalue weighted by atomic mass is 10.1. The van der Waals surface area contributed by atoms with Crippen LogP contribution in [0.25, 0.3) is 0 Å². The molecular weight excluding hydrogens is 381 g/mol. The number of rotatable bonds is 7. The summed E-state index contributed by atoms with van der Waals surface area (Å²) in [5, 5.41) is 6.57. The van der Waals surface area contributed by atoms with Crippen molar-refractivity contribution >= 4 is 29.9 Å². The summed E-state index contributed by atoms with van der Waals surface area (Å²) in [7, 11) is 5.16. The third-order valence-corrected chi connectivity index (χ3v) is 2.89. The van der Waals surface area contributed by atoms with E-state index >= 15 is 0 Å². The quantitative estimate of drug-likeness (QED) is 0.413. The van der Waals surface area contributed by atoms with Gasteiger partial charge in [0.1, 0.15) is 0 Å². The Bertz CT molecular complexity index is 427. The van der Waals surface area contributed by atoms with Gasteiger partial charge >= 0.3 is 0 Å². The zero-order valence-corrected chi connectivity index (χ0v) is 15.5. The molecule has 0 amide bonds. The van der Waals surface area contributed by atoms with Gasteiger partial charge in [-0.2, -0.15) is 0 Å². The second-order valence-electron chi connectivity index (χ2n) is 4.63. The van der Waals surface area contributed by atoms with Gasteiger partial charge in [0.05, 0.1) is 13.2 Å². The van der Waals surface area contributed by atoms with Crippen LogP contribution in [0.1, 0.15) is 18.1 Å². The van der Waals surface area contributed by atoms with E-state index in [2.05, 4.69) is 34.7 Å². The highest BCUT2D eigenvalue weighted by Crippen LogP contribution is 2.09. The number of halogens is 1. The number of nitrogens with one attached hydrogen (secondary N) is 2. The van der Waals surface area contributed by atoms with Crippen molar-refractivity contribution in [2.24, 2.45) is 4.99 Å². The Morgan fingerprint density at radius 2 is 1.86 bits per heavy atom. The first-order valence-electron chi connectivity index (χ1n) is 6.73. The van der Waals surface area contributed by atoms with Crippen molar-refractivity contribution in [2.75, 3.05) is 27.9 Å². The first kappa shape index (κ1) is 20.1. The summed E-state index contributed by atoms with van der Waals surface area (Å²) in [4.78, 5) is 4.21. The molecule has 0 radical (unpaired) electrons. The maximum Gasteiger partial charge on any atom is 0.191 e. The number of methoxy groups -OCH3 is 2. The minimum absolute atomic E-state index is 0. The van der Waals surface area contributed by atoms with Crippen LogP contribution in [0.3, 0.4) is 0 Å². The van der Waals surface area contributed by atoms with Gasteiger partial charge in [0.15, 0.2) is 5.96 Å². The summed E-state index contributed by atoms with van der Waals surface area (Å²) in [5.41, 5.74) is 2.39. The molecule has 1 rings (SSSR count). The molecule has 0 aliphatic heterocycles. The topological polar surface area (TPSA) is 54.9 Å². The number of aliphatic imine (C=N–C) groups is 1. The molecule has 0 aromatic heterocycles. The van der Waals surface area contributed by atoms with Crippen molar-refractivity contribution in [3.8, 4) is 0 Å². The molecule has 0 spiro atoms. The fourth-order valence-electron chi connectivity index (χ4n) is 1.92. The summed E-state index contributed by atoms with van der Waals surface area (Å²) in [6, 6.07) is 8.42. The van der Waals surface area contributed by atoms with Crippen LogP contribution in [-0.2, 0) is 22.6 Å². The molecule has 1 unspecified atom stereocenters. The van der Waals surface area contributed by atoms with Crippen molar-refractivity contribution in [1.29, 1.82) is 0 Å². The lowest BCUT2D eigenvalue weighted by molar-refractivity contribution is 0.179. The maximum atomic E-state index is 5.21. The van der Waals surface area contributed by atoms with Crippen LogP contribution in [0.2, 0.25) is 0 Å². The first-order valence-corrected chi connectivity index (χ1v) is 6.73. The van der Waals surface area contributed by atoms with E-state index in [-0.39, 0.29) is 30.0 Å². The van der Waals surface area contributed by atoms with E-state index in [1.54, 1.807) is 21.3 Å². The molecule has 2 N–H and O–H groups in total. The first-order chi connectivity index (χ1) is 9.71. The second kappa shape index (κ2) is 11.8. The summed E-state index contributed by atoms with van der Waals surface area (Å²) < 4.78 is 10.3. The van der Waals surface area contributed by atoms with E-state index in [0.717, 1.165) is 5.96 Å². The fraction of sp³-hybridized carbons (Fsp3) is 0.533. The second-order valence-corrected chi connectivity index (χ2v) is 4.63. The number of hydrogen-bond acceptors (Lipinski definition) is 3. The molecule has 0 heterocycles. The van der Waals surface area contributed by atoms with Crippen LogP contribution in [0.4, 0.5) is 0 Å². The fourth-order valence-corrected chi connectivity index (χ4v) is 1.92. The van der Waals surface area contributed by atoms with Gasteiger partial charge in [-0.15, -0.1) is 24.0 Å². The largest absolute Gasteiger partial charge is 0.383 e. The molecule has 1 aromatic carbocycles. The van der Waals surface area contributed by atoms with E-state index in [9.17, 15) is 0 Å². The molecule has 0 aliphatic rings. The molecule has 0 saturated heterocycles. The van der Waals surface area contributed by atoms with Crippen LogP contribution in [-0.4, -0.2) is 39.9 Å². The van der Waals surface area contributed by atoms with Gasteiger partial charge in [-0.25, -0.2) is 0 Å². The van der Waals surface area contributed by atoms with Crippen molar-refractivity contribution in [3.63, 3.8) is 0 Å². The van der Waals surface area contributed by atoms with Crippen LogP contribution in [0, 0.1) is 0 Å². The minimum Gasteiger partial charge on any atom is -0.383 e. The zero-order valence-electron chi connectivity index (χ0n) is 13.2. The summed E-state index contributed by atoms with van der Waals surface area (Å²) in [6.45, 7) is 4.01. The van der Waals surface area contributed by atoms with Gasteiger partial charge in [0.2, 0.25) is 0 Å². The SMILES string of the molecule is CN=C(NCc1ccccc1COC)NC(C)COC.I. The Kier molecular flexibility index (Phi) is 11.3. The Morgan fingerprint density at radius 3 is 2.43 bits per heavy atom. The van der Waals surface area contributed by atoms with E-state index in [1.807, 2.05) is 12.1 Å². The number of hydrogen-bond donors (Lipinski definition) is 2. The third-order valence-electron chi connectivity index (χ3n) is 2.89. The van der Waals surface area contributed by atoms with Gasteiger partial charge in [0, 0.05) is 33.9 Å². The molecular formula is C15H26IN3O2. The van der Waals surface area contributed by atoms with Gasteiger partial charge in [-0.3, -0.25) is 4.99 Å². The van der Waals surface area contributed by atoms with Gasteiger partial charge in [-0.05, 0) is 18.1 Å². The molecule has 5 nitrogen and oxygen atoms in total. The van der Waals surface area contributed by atoms with E-state index in [0.29, 0.717) is 19.8 Å². The van der Waals surface area contributed by atoms with E-state index < -0.39 is 0 Å². The molecule has 6 heteroatoms. The number of benzene rings is 1. The standard InChI is InChI=1S/C15H25N3O2.HI/c1-12(10-19-3)18-15(16-2)17-9-13-7-5-6-8-14(13)11-20-4;/h5-8,12H,9-11H2,1-4H3,(H2,16,17,18);1H. The molecule has 0 saturated carbocycles. The highest BCUT2D eigenvalue weighted by atomic mass is 127. The highest BCUT2D eigenvalue weighted by Gasteiger charge is 2.06. The number of guanidine groups is 1. The lowest BCUT2D eigenvalue weighted by Gasteiger charge is -2.18. The Balaban J connectivity index is 0.00000400. The Hall–Kier alpha value is -0.860. The Morgan fingerprint density at radius 1 is 1.19 bits per heavy atom. The summed E-state index contributed by atoms with van der Waals surface area (Å²) >= 11 is 0. The van der Waals surface area contributed by atoms with Gasteiger partial charge < -0.3 is 20.1 Å². The average molecular weight is 407 g/mol. The molecule has 1 aromatic rings. The Labute approximate surface area is 144 Å². The van der Waals surface area contributed by atoms with Gasteiger partial charge in [0.25, 0.3) is 0 Å². The predicted octanol–water partition coefficient (Wildman–Crippen LogP) is 2.15. The van der Waals surface area contributed by atoms with Crippen molar-refractivity contribution in [3.05, 3.63) is 35.4 Å². The lowest BCUT2D eigenvalue weighted by Crippen LogP contribution is -2.43. The zero-order chi connectivity index (χ0) is 14.8. The molecule has 0 bridgehead atoms. The maximum absolute atomic E-state index is 5.21.